The number of rotatable bonds is 2. The molecule has 1 saturated heterocycles. The van der Waals surface area contributed by atoms with E-state index in [1.54, 1.807) is 0 Å². The van der Waals surface area contributed by atoms with E-state index in [2.05, 4.69) is 78.8 Å². The third-order valence-corrected chi connectivity index (χ3v) is 3.20. The number of hydrogen-bond donors (Lipinski definition) is 0. The molecule has 1 heterocycles. The van der Waals surface area contributed by atoms with E-state index in [1.165, 1.54) is 5.56 Å². The van der Waals surface area contributed by atoms with Crippen LogP contribution in [0, 0.1) is 20.0 Å². The molecular weight excluding hydrogens is 310 g/mol. The van der Waals surface area contributed by atoms with Gasteiger partial charge in [-0.2, -0.15) is 0 Å². The summed E-state index contributed by atoms with van der Waals surface area (Å²) in [6, 6.07) is 10.8. The van der Waals surface area contributed by atoms with Crippen LogP contribution in [0.25, 0.3) is 0 Å². The Balaban J connectivity index is 0. The molecule has 6 heteroatoms. The van der Waals surface area contributed by atoms with E-state index in [4.69, 9.17) is 18.7 Å². The maximum absolute atomic E-state index is 7.50. The minimum absolute atomic E-state index is 0.217. The van der Waals surface area contributed by atoms with Crippen LogP contribution >= 0.6 is 0 Å². The molecule has 0 amide bonds. The second kappa shape index (κ2) is 12.5. The average Bonchev–Trinajstić information content (AvgIpc) is 2.88. The van der Waals surface area contributed by atoms with Crippen molar-refractivity contribution in [3.63, 3.8) is 0 Å². The van der Waals surface area contributed by atoms with Gasteiger partial charge < -0.3 is 0 Å². The Morgan fingerprint density at radius 1 is 1.14 bits per heavy atom. The molecule has 0 N–H and O–H groups in total. The predicted octanol–water partition coefficient (Wildman–Crippen LogP) is 1.99. The molecule has 1 aliphatic heterocycles. The quantitative estimate of drug-likeness (QED) is 0.616. The summed E-state index contributed by atoms with van der Waals surface area (Å²) in [5, 5.41) is 1.99. The fourth-order valence-electron chi connectivity index (χ4n) is 1.95. The van der Waals surface area contributed by atoms with Crippen molar-refractivity contribution in [2.24, 2.45) is 0 Å². The molecule has 5 nitrogen and oxygen atoms in total. The van der Waals surface area contributed by atoms with Crippen LogP contribution in [0.4, 0.5) is 0 Å². The zero-order valence-electron chi connectivity index (χ0n) is 11.7. The van der Waals surface area contributed by atoms with Crippen molar-refractivity contribution < 1.29 is 34.5 Å². The maximum atomic E-state index is 7.50. The van der Waals surface area contributed by atoms with Crippen molar-refractivity contribution in [2.75, 3.05) is 6.61 Å². The zero-order chi connectivity index (χ0) is 16.9. The summed E-state index contributed by atoms with van der Waals surface area (Å²) in [5.74, 6) is 0. The summed E-state index contributed by atoms with van der Waals surface area (Å²) in [4.78, 5) is 2.22. The van der Waals surface area contributed by atoms with Crippen LogP contribution in [-0.4, -0.2) is 22.2 Å². The summed E-state index contributed by atoms with van der Waals surface area (Å²) in [6.07, 6.45) is 0. The summed E-state index contributed by atoms with van der Waals surface area (Å²) in [6.45, 7) is 18.4. The molecule has 1 aromatic rings. The third kappa shape index (κ3) is 6.37. The molecule has 1 aromatic carbocycles. The first kappa shape index (κ1) is 22.1. The zero-order valence-corrected chi connectivity index (χ0v) is 13.0. The van der Waals surface area contributed by atoms with Gasteiger partial charge in [-0.05, 0) is 0 Å². The first-order valence-corrected chi connectivity index (χ1v) is 6.42. The molecule has 0 bridgehead atoms. The van der Waals surface area contributed by atoms with Crippen LogP contribution in [0.1, 0.15) is 25.5 Å². The normalized spacial score (nSPS) is 18.4. The molecule has 1 aliphatic rings. The van der Waals surface area contributed by atoms with Crippen LogP contribution in [0.3, 0.4) is 0 Å². The second-order valence-electron chi connectivity index (χ2n) is 4.20. The Bertz CT molecular complexity index is 453. The fourth-order valence-corrected chi connectivity index (χ4v) is 2.57. The monoisotopic (exact) mass is 325 g/mol. The van der Waals surface area contributed by atoms with Crippen LogP contribution in [0.5, 0.6) is 0 Å². The first-order valence-electron chi connectivity index (χ1n) is 5.69. The molecular formula is C15H15CrNO4. The minimum atomic E-state index is -0.217. The van der Waals surface area contributed by atoms with Gasteiger partial charge in [0.2, 0.25) is 0 Å². The van der Waals surface area contributed by atoms with Gasteiger partial charge in [-0.15, -0.1) is 0 Å². The summed E-state index contributed by atoms with van der Waals surface area (Å²) in [5.41, 5.74) is 1.08. The summed E-state index contributed by atoms with van der Waals surface area (Å²) >= 11 is 2.96. The fraction of sp³-hybridized carbons (Fsp3) is 0.333. The van der Waals surface area contributed by atoms with Gasteiger partial charge in [0.1, 0.15) is 0 Å². The van der Waals surface area contributed by atoms with E-state index >= 15 is 0 Å². The summed E-state index contributed by atoms with van der Waals surface area (Å²) in [7, 11) is 0. The van der Waals surface area contributed by atoms with Crippen molar-refractivity contribution in [1.29, 1.82) is 0 Å². The van der Waals surface area contributed by atoms with Crippen LogP contribution in [0.2, 0.25) is 0 Å². The van der Waals surface area contributed by atoms with Gasteiger partial charge in [-0.1, -0.05) is 0 Å². The standard InChI is InChI=1S/C12H15NO.3CO.Cr/c1-12(2)13(3)11(9-14-12)10-7-5-4-6-8-10;3*1-2;/h3-8,11H,9H2,1-2H3;;;;/t11-;;;;/m0..../s1. The number of benzene rings is 1. The van der Waals surface area contributed by atoms with Crippen LogP contribution in [0.15, 0.2) is 30.3 Å². The molecule has 2 rings (SSSR count). The third-order valence-electron chi connectivity index (χ3n) is 2.85. The van der Waals surface area contributed by atoms with E-state index < -0.39 is 0 Å². The van der Waals surface area contributed by atoms with Gasteiger partial charge in [0.25, 0.3) is 0 Å². The molecule has 1 fully saturated rings. The van der Waals surface area contributed by atoms with Gasteiger partial charge in [0.05, 0.1) is 0 Å². The van der Waals surface area contributed by atoms with Crippen molar-refractivity contribution in [3.8, 4) is 0 Å². The van der Waals surface area contributed by atoms with E-state index in [0.717, 1.165) is 6.61 Å². The number of ether oxygens (including phenoxy) is 1. The van der Waals surface area contributed by atoms with Crippen molar-refractivity contribution in [1.82, 2.24) is 4.90 Å². The molecule has 1 atom stereocenters. The molecule has 0 saturated carbocycles. The van der Waals surface area contributed by atoms with Gasteiger partial charge >= 0.3 is 133 Å². The molecule has 0 radical (unpaired) electrons. The van der Waals surface area contributed by atoms with Crippen LogP contribution < -0.4 is 0 Å². The van der Waals surface area contributed by atoms with E-state index in [9.17, 15) is 0 Å². The Labute approximate surface area is 133 Å². The Hall–Kier alpha value is -1.24. The van der Waals surface area contributed by atoms with Crippen molar-refractivity contribution >= 4 is 5.01 Å². The Kier molecular flexibility index (Phi) is 13.1. The Morgan fingerprint density at radius 3 is 2.05 bits per heavy atom. The first-order chi connectivity index (χ1) is 10.1. The SMILES string of the molecule is CC1(C)OC[C@@H](c2ccccc2)N1[CH]=[Cr].[C-]#[O+].[C-]#[O+].[C-]#[O+]. The molecule has 0 aromatic heterocycles. The van der Waals surface area contributed by atoms with Crippen molar-refractivity contribution in [3.05, 3.63) is 55.8 Å². The number of hydrogen-bond acceptors (Lipinski definition) is 2. The molecule has 0 aliphatic carbocycles. The van der Waals surface area contributed by atoms with Gasteiger partial charge in [0, 0.05) is 0 Å². The molecule has 0 unspecified atom stereocenters. The number of nitrogens with zero attached hydrogens (tertiary/aromatic N) is 1. The van der Waals surface area contributed by atoms with Crippen molar-refractivity contribution in [2.45, 2.75) is 25.6 Å². The average molecular weight is 325 g/mol. The van der Waals surface area contributed by atoms with E-state index in [-0.39, 0.29) is 5.72 Å². The van der Waals surface area contributed by atoms with Gasteiger partial charge in [-0.25, -0.2) is 0 Å². The van der Waals surface area contributed by atoms with E-state index in [0.29, 0.717) is 6.04 Å². The van der Waals surface area contributed by atoms with Crippen LogP contribution in [-0.2, 0) is 34.5 Å². The van der Waals surface area contributed by atoms with Gasteiger partial charge in [-0.3, -0.25) is 0 Å². The molecule has 0 spiro atoms. The molecule has 110 valence electrons. The predicted molar refractivity (Wildman–Crippen MR) is 68.9 cm³/mol. The second-order valence-corrected chi connectivity index (χ2v) is 4.53. The topological polar surface area (TPSA) is 72.2 Å². The molecule has 21 heavy (non-hydrogen) atoms. The Morgan fingerprint density at radius 2 is 1.62 bits per heavy atom. The summed E-state index contributed by atoms with van der Waals surface area (Å²) < 4.78 is 28.3. The van der Waals surface area contributed by atoms with Gasteiger partial charge in [0.15, 0.2) is 0 Å². The van der Waals surface area contributed by atoms with E-state index in [1.807, 2.05) is 11.1 Å².